The first-order valence-corrected chi connectivity index (χ1v) is 13.0. The van der Waals surface area contributed by atoms with Crippen molar-refractivity contribution in [2.24, 2.45) is 0 Å². The highest BCUT2D eigenvalue weighted by Gasteiger charge is 2.17. The van der Waals surface area contributed by atoms with Gasteiger partial charge in [-0.05, 0) is 67.6 Å². The van der Waals surface area contributed by atoms with Gasteiger partial charge in [0.05, 0.1) is 17.2 Å². The van der Waals surface area contributed by atoms with E-state index in [9.17, 15) is 4.79 Å². The number of benzene rings is 2. The summed E-state index contributed by atoms with van der Waals surface area (Å²) < 4.78 is 5.28. The minimum atomic E-state index is -0.232. The molecule has 0 saturated carbocycles. The number of fused-ring (bicyclic) bond motifs is 1. The van der Waals surface area contributed by atoms with Crippen LogP contribution in [0.15, 0.2) is 60.4 Å². The molecule has 2 aromatic carbocycles. The molecular weight excluding hydrogens is 519 g/mol. The molecule has 1 fully saturated rings. The average molecular weight is 548 g/mol. The number of hydrogen-bond acceptors (Lipinski definition) is 4. The summed E-state index contributed by atoms with van der Waals surface area (Å²) in [5, 5.41) is 5.67. The summed E-state index contributed by atoms with van der Waals surface area (Å²) in [5.74, 6) is 0.0231. The van der Waals surface area contributed by atoms with E-state index in [0.29, 0.717) is 16.6 Å². The Morgan fingerprint density at radius 2 is 1.78 bits per heavy atom. The number of aromatic nitrogens is 1. The zero-order valence-corrected chi connectivity index (χ0v) is 22.3. The Kier molecular flexibility index (Phi) is 9.21. The lowest BCUT2D eigenvalue weighted by Gasteiger charge is -2.36. The topological polar surface area (TPSA) is 60.6 Å². The van der Waals surface area contributed by atoms with E-state index in [0.717, 1.165) is 60.8 Å². The summed E-state index contributed by atoms with van der Waals surface area (Å²) in [5.41, 5.74) is 2.97. The maximum Gasteiger partial charge on any atom is 0.286 e. The lowest BCUT2D eigenvalue weighted by Crippen LogP contribution is -2.47. The molecule has 190 valence electrons. The molecule has 1 aliphatic heterocycles. The highest BCUT2D eigenvalue weighted by atomic mass is 35.5. The quantitative estimate of drug-likeness (QED) is 0.149. The summed E-state index contributed by atoms with van der Waals surface area (Å²) in [6, 6.07) is 13.6. The number of anilines is 1. The van der Waals surface area contributed by atoms with Crippen molar-refractivity contribution in [1.29, 1.82) is 0 Å². The van der Waals surface area contributed by atoms with Gasteiger partial charge in [-0.25, -0.2) is 0 Å². The Balaban J connectivity index is 1.19. The molecular formula is C27H29Cl3N4O2. The molecule has 0 aliphatic carbocycles. The van der Waals surface area contributed by atoms with E-state index in [-0.39, 0.29) is 11.7 Å². The van der Waals surface area contributed by atoms with Gasteiger partial charge < -0.3 is 19.9 Å². The van der Waals surface area contributed by atoms with Crippen molar-refractivity contribution in [2.75, 3.05) is 51.3 Å². The second kappa shape index (κ2) is 12.5. The molecule has 0 bridgehead atoms. The van der Waals surface area contributed by atoms with E-state index in [1.54, 1.807) is 18.2 Å². The Morgan fingerprint density at radius 3 is 2.50 bits per heavy atom. The van der Waals surface area contributed by atoms with Gasteiger partial charge in [-0.3, -0.25) is 9.69 Å². The highest BCUT2D eigenvalue weighted by Crippen LogP contribution is 2.28. The molecule has 9 heteroatoms. The molecule has 1 aliphatic rings. The number of hydrogen-bond donors (Lipinski definition) is 2. The van der Waals surface area contributed by atoms with Crippen molar-refractivity contribution in [3.8, 4) is 0 Å². The number of piperazine rings is 1. The molecule has 0 radical (unpaired) electrons. The largest absolute Gasteiger partial charge is 0.491 e. The number of nitrogens with zero attached hydrogens (tertiary/aromatic N) is 2. The number of nitrogens with one attached hydrogen (secondary N) is 2. The molecule has 2 heterocycles. The van der Waals surface area contributed by atoms with E-state index in [1.807, 2.05) is 30.3 Å². The first kappa shape index (κ1) is 26.4. The van der Waals surface area contributed by atoms with Gasteiger partial charge >= 0.3 is 0 Å². The predicted octanol–water partition coefficient (Wildman–Crippen LogP) is 6.00. The van der Waals surface area contributed by atoms with Gasteiger partial charge in [0.25, 0.3) is 5.91 Å². The molecule has 3 aromatic rings. The van der Waals surface area contributed by atoms with Crippen LogP contribution >= 0.6 is 34.8 Å². The van der Waals surface area contributed by atoms with Crippen molar-refractivity contribution in [1.82, 2.24) is 15.2 Å². The second-order valence-corrected chi connectivity index (χ2v) is 9.84. The molecule has 36 heavy (non-hydrogen) atoms. The van der Waals surface area contributed by atoms with Crippen molar-refractivity contribution >= 4 is 63.4 Å². The fraction of sp³-hybridized carbons (Fsp3) is 0.296. The Morgan fingerprint density at radius 1 is 1.06 bits per heavy atom. The van der Waals surface area contributed by atoms with Crippen LogP contribution < -0.4 is 10.2 Å². The van der Waals surface area contributed by atoms with E-state index < -0.39 is 0 Å². The third-order valence-corrected chi connectivity index (χ3v) is 7.12. The van der Waals surface area contributed by atoms with Gasteiger partial charge in [0.2, 0.25) is 0 Å². The first-order valence-electron chi connectivity index (χ1n) is 11.8. The number of H-pyrrole nitrogens is 1. The first-order chi connectivity index (χ1) is 17.4. The van der Waals surface area contributed by atoms with Gasteiger partial charge in [0.15, 0.2) is 5.76 Å². The number of halogens is 3. The molecule has 4 rings (SSSR count). The summed E-state index contributed by atoms with van der Waals surface area (Å²) in [7, 11) is 1.49. The standard InChI is InChI=1S/C27H29Cl3N4O2/c1-36-26(5-2-4-21-16-19-17-23(29)24(30)18-25(19)32-21)27(35)31-10-3-11-33-12-14-34(15-13-33)22-8-6-20(28)7-9-22/h2,4-9,16-18,32H,3,10-15H2,1H3,(H,31,35)/b4-2+,26-5-. The lowest BCUT2D eigenvalue weighted by atomic mass is 10.2. The molecule has 2 N–H and O–H groups in total. The van der Waals surface area contributed by atoms with Crippen molar-refractivity contribution in [3.05, 3.63) is 81.1 Å². The van der Waals surface area contributed by atoms with Crippen LogP contribution in [0.5, 0.6) is 0 Å². The van der Waals surface area contributed by atoms with Crippen LogP contribution in [0.25, 0.3) is 17.0 Å². The van der Waals surface area contributed by atoms with Crippen LogP contribution in [0.4, 0.5) is 5.69 Å². The number of methoxy groups -OCH3 is 1. The minimum Gasteiger partial charge on any atom is -0.491 e. The number of carbonyl (C=O) groups is 1. The molecule has 0 atom stereocenters. The lowest BCUT2D eigenvalue weighted by molar-refractivity contribution is -0.120. The summed E-state index contributed by atoms with van der Waals surface area (Å²) in [6.45, 7) is 5.48. The average Bonchev–Trinajstić information content (AvgIpc) is 3.26. The van der Waals surface area contributed by atoms with Crippen LogP contribution in [-0.2, 0) is 9.53 Å². The van der Waals surface area contributed by atoms with Crippen LogP contribution in [0.3, 0.4) is 0 Å². The molecule has 1 saturated heterocycles. The monoisotopic (exact) mass is 546 g/mol. The van der Waals surface area contributed by atoms with Gasteiger partial charge in [0.1, 0.15) is 0 Å². The minimum absolute atomic E-state index is 0.232. The van der Waals surface area contributed by atoms with E-state index in [2.05, 4.69) is 32.2 Å². The molecule has 1 amide bonds. The highest BCUT2D eigenvalue weighted by molar-refractivity contribution is 6.42. The van der Waals surface area contributed by atoms with Crippen molar-refractivity contribution in [2.45, 2.75) is 6.42 Å². The smallest absolute Gasteiger partial charge is 0.286 e. The maximum absolute atomic E-state index is 12.5. The Bertz CT molecular complexity index is 1210. The zero-order valence-electron chi connectivity index (χ0n) is 20.1. The van der Waals surface area contributed by atoms with Gasteiger partial charge in [0, 0.05) is 60.0 Å². The zero-order chi connectivity index (χ0) is 25.5. The fourth-order valence-electron chi connectivity index (χ4n) is 4.19. The Hall–Kier alpha value is -2.64. The summed E-state index contributed by atoms with van der Waals surface area (Å²) in [6.07, 6.45) is 6.15. The van der Waals surface area contributed by atoms with E-state index in [4.69, 9.17) is 39.5 Å². The predicted molar refractivity (Wildman–Crippen MR) is 150 cm³/mol. The van der Waals surface area contributed by atoms with E-state index >= 15 is 0 Å². The van der Waals surface area contributed by atoms with Crippen LogP contribution in [0.1, 0.15) is 12.1 Å². The fourth-order valence-corrected chi connectivity index (χ4v) is 4.65. The van der Waals surface area contributed by atoms with Crippen molar-refractivity contribution < 1.29 is 9.53 Å². The van der Waals surface area contributed by atoms with Crippen LogP contribution in [0.2, 0.25) is 15.1 Å². The number of carbonyl (C=O) groups excluding carboxylic acids is 1. The number of rotatable bonds is 9. The van der Waals surface area contributed by atoms with Crippen LogP contribution in [-0.4, -0.2) is 62.2 Å². The second-order valence-electron chi connectivity index (χ2n) is 8.59. The number of allylic oxidation sites excluding steroid dienone is 2. The van der Waals surface area contributed by atoms with Crippen molar-refractivity contribution in [3.63, 3.8) is 0 Å². The molecule has 0 unspecified atom stereocenters. The van der Waals surface area contributed by atoms with Crippen LogP contribution in [0, 0.1) is 0 Å². The third kappa shape index (κ3) is 6.98. The number of amides is 1. The Labute approximate surface area is 226 Å². The summed E-state index contributed by atoms with van der Waals surface area (Å²) in [4.78, 5) is 20.6. The number of aromatic amines is 1. The SMILES string of the molecule is CO/C(=C\C=C\c1cc2cc(Cl)c(Cl)cc2[nH]1)C(=O)NCCCN1CCN(c2ccc(Cl)cc2)CC1. The third-order valence-electron chi connectivity index (χ3n) is 6.15. The molecule has 6 nitrogen and oxygen atoms in total. The molecule has 0 spiro atoms. The van der Waals surface area contributed by atoms with Gasteiger partial charge in [-0.15, -0.1) is 0 Å². The molecule has 1 aromatic heterocycles. The van der Waals surface area contributed by atoms with E-state index in [1.165, 1.54) is 12.8 Å². The number of ether oxygens (including phenoxy) is 1. The van der Waals surface area contributed by atoms with Gasteiger partial charge in [-0.1, -0.05) is 40.9 Å². The maximum atomic E-state index is 12.5. The summed E-state index contributed by atoms with van der Waals surface area (Å²) >= 11 is 18.1. The van der Waals surface area contributed by atoms with Gasteiger partial charge in [-0.2, -0.15) is 0 Å². The normalized spacial score (nSPS) is 15.1.